The first-order chi connectivity index (χ1) is 11.5. The van der Waals surface area contributed by atoms with Gasteiger partial charge in [-0.05, 0) is 48.0 Å². The molecule has 0 radical (unpaired) electrons. The minimum absolute atomic E-state index is 0.219. The van der Waals surface area contributed by atoms with Crippen molar-refractivity contribution in [3.8, 4) is 11.5 Å². The zero-order valence-electron chi connectivity index (χ0n) is 13.3. The first kappa shape index (κ1) is 18.0. The molecule has 0 fully saturated rings. The summed E-state index contributed by atoms with van der Waals surface area (Å²) >= 11 is 3.32. The van der Waals surface area contributed by atoms with Crippen LogP contribution in [0, 0.1) is 5.82 Å². The Morgan fingerprint density at radius 1 is 1.21 bits per heavy atom. The number of methoxy groups -OCH3 is 2. The van der Waals surface area contributed by atoms with E-state index in [9.17, 15) is 9.18 Å². The molecule has 0 aliphatic heterocycles. The predicted molar refractivity (Wildman–Crippen MR) is 94.5 cm³/mol. The van der Waals surface area contributed by atoms with Crippen LogP contribution in [0.1, 0.15) is 11.1 Å². The van der Waals surface area contributed by atoms with E-state index in [1.54, 1.807) is 44.6 Å². The van der Waals surface area contributed by atoms with Crippen molar-refractivity contribution in [3.05, 3.63) is 63.9 Å². The summed E-state index contributed by atoms with van der Waals surface area (Å²) in [6.45, 7) is 0.219. The van der Waals surface area contributed by atoms with Crippen molar-refractivity contribution in [1.29, 1.82) is 0 Å². The molecule has 0 heterocycles. The molecule has 126 valence electrons. The largest absolute Gasteiger partial charge is 0.497 e. The highest BCUT2D eigenvalue weighted by Gasteiger charge is 2.05. The molecule has 0 aliphatic carbocycles. The maximum Gasteiger partial charge on any atom is 0.244 e. The zero-order chi connectivity index (χ0) is 17.5. The summed E-state index contributed by atoms with van der Waals surface area (Å²) < 4.78 is 24.4. The van der Waals surface area contributed by atoms with E-state index in [-0.39, 0.29) is 18.3 Å². The van der Waals surface area contributed by atoms with Gasteiger partial charge in [-0.3, -0.25) is 4.79 Å². The van der Waals surface area contributed by atoms with E-state index in [0.717, 1.165) is 10.0 Å². The quantitative estimate of drug-likeness (QED) is 0.756. The number of benzene rings is 2. The Bertz CT molecular complexity index is 762. The monoisotopic (exact) mass is 393 g/mol. The highest BCUT2D eigenvalue weighted by Crippen LogP contribution is 2.25. The lowest BCUT2D eigenvalue weighted by atomic mass is 10.1. The van der Waals surface area contributed by atoms with Crippen LogP contribution in [0.3, 0.4) is 0 Å². The third-order valence-corrected chi connectivity index (χ3v) is 4.09. The smallest absolute Gasteiger partial charge is 0.244 e. The molecule has 2 rings (SSSR count). The molecule has 0 saturated heterocycles. The van der Waals surface area contributed by atoms with E-state index in [0.29, 0.717) is 17.1 Å². The van der Waals surface area contributed by atoms with E-state index < -0.39 is 0 Å². The lowest BCUT2D eigenvalue weighted by Crippen LogP contribution is -2.20. The number of nitrogens with one attached hydrogen (secondary N) is 1. The lowest BCUT2D eigenvalue weighted by Gasteiger charge is -2.07. The first-order valence-corrected chi connectivity index (χ1v) is 7.94. The van der Waals surface area contributed by atoms with Gasteiger partial charge in [0.1, 0.15) is 17.3 Å². The van der Waals surface area contributed by atoms with Gasteiger partial charge in [-0.1, -0.05) is 15.9 Å². The molecule has 1 amide bonds. The van der Waals surface area contributed by atoms with E-state index in [4.69, 9.17) is 9.47 Å². The molecule has 0 saturated carbocycles. The van der Waals surface area contributed by atoms with Crippen LogP contribution >= 0.6 is 15.9 Å². The first-order valence-electron chi connectivity index (χ1n) is 7.15. The number of carbonyl (C=O) groups excluding carboxylic acids is 1. The Labute approximate surface area is 148 Å². The molecule has 24 heavy (non-hydrogen) atoms. The van der Waals surface area contributed by atoms with E-state index in [1.807, 2.05) is 0 Å². The van der Waals surface area contributed by atoms with Gasteiger partial charge in [0.15, 0.2) is 0 Å². The maximum atomic E-state index is 13.2. The predicted octanol–water partition coefficient (Wildman–Crippen LogP) is 3.94. The normalized spacial score (nSPS) is 10.7. The van der Waals surface area contributed by atoms with Crippen molar-refractivity contribution in [2.45, 2.75) is 6.54 Å². The summed E-state index contributed by atoms with van der Waals surface area (Å²) in [5.41, 5.74) is 1.38. The summed E-state index contributed by atoms with van der Waals surface area (Å²) in [5, 5.41) is 2.71. The highest BCUT2D eigenvalue weighted by molar-refractivity contribution is 9.10. The van der Waals surface area contributed by atoms with Crippen molar-refractivity contribution in [2.75, 3.05) is 14.2 Å². The molecular weight excluding hydrogens is 377 g/mol. The molecule has 0 aliphatic rings. The molecule has 0 spiro atoms. The van der Waals surface area contributed by atoms with E-state index in [2.05, 4.69) is 21.2 Å². The molecule has 2 aromatic rings. The molecule has 2 aromatic carbocycles. The van der Waals surface area contributed by atoms with E-state index >= 15 is 0 Å². The van der Waals surface area contributed by atoms with Gasteiger partial charge in [-0.25, -0.2) is 4.39 Å². The summed E-state index contributed by atoms with van der Waals surface area (Å²) in [6, 6.07) is 9.64. The topological polar surface area (TPSA) is 47.6 Å². The molecule has 6 heteroatoms. The number of rotatable bonds is 6. The van der Waals surface area contributed by atoms with Crippen LogP contribution in [0.5, 0.6) is 11.5 Å². The third kappa shape index (κ3) is 4.83. The van der Waals surface area contributed by atoms with Gasteiger partial charge in [-0.15, -0.1) is 0 Å². The van der Waals surface area contributed by atoms with Gasteiger partial charge in [-0.2, -0.15) is 0 Å². The Kier molecular flexibility index (Phi) is 6.37. The second-order valence-electron chi connectivity index (χ2n) is 4.89. The summed E-state index contributed by atoms with van der Waals surface area (Å²) in [7, 11) is 3.12. The van der Waals surface area contributed by atoms with Crippen LogP contribution in [-0.2, 0) is 11.3 Å². The van der Waals surface area contributed by atoms with Gasteiger partial charge in [0.2, 0.25) is 5.91 Å². The van der Waals surface area contributed by atoms with Crippen molar-refractivity contribution in [3.63, 3.8) is 0 Å². The van der Waals surface area contributed by atoms with Crippen LogP contribution in [0.25, 0.3) is 6.08 Å². The molecule has 0 unspecified atom stereocenters. The van der Waals surface area contributed by atoms with Gasteiger partial charge < -0.3 is 14.8 Å². The fraction of sp³-hybridized carbons (Fsp3) is 0.167. The average molecular weight is 394 g/mol. The van der Waals surface area contributed by atoms with Gasteiger partial charge in [0.05, 0.1) is 14.2 Å². The number of halogens is 2. The van der Waals surface area contributed by atoms with Crippen molar-refractivity contribution in [2.24, 2.45) is 0 Å². The van der Waals surface area contributed by atoms with Crippen molar-refractivity contribution >= 4 is 27.9 Å². The Morgan fingerprint density at radius 3 is 2.71 bits per heavy atom. The average Bonchev–Trinajstić information content (AvgIpc) is 2.60. The number of hydrogen-bond donors (Lipinski definition) is 1. The Morgan fingerprint density at radius 2 is 2.00 bits per heavy atom. The number of amides is 1. The second-order valence-corrected chi connectivity index (χ2v) is 5.75. The highest BCUT2D eigenvalue weighted by atomic mass is 79.9. The van der Waals surface area contributed by atoms with Crippen LogP contribution in [0.4, 0.5) is 4.39 Å². The zero-order valence-corrected chi connectivity index (χ0v) is 14.9. The standard InChI is InChI=1S/C18H17BrFNO3/c1-23-15-5-7-17(24-2)12(10-15)3-8-18(22)21-11-13-9-14(20)4-6-16(13)19/h3-10H,11H2,1-2H3,(H,21,22). The SMILES string of the molecule is COc1ccc(OC)c(C=CC(=O)NCc2cc(F)ccc2Br)c1. The Hall–Kier alpha value is -2.34. The molecule has 0 aromatic heterocycles. The maximum absolute atomic E-state index is 13.2. The van der Waals surface area contributed by atoms with Crippen molar-refractivity contribution < 1.29 is 18.7 Å². The lowest BCUT2D eigenvalue weighted by molar-refractivity contribution is -0.116. The van der Waals surface area contributed by atoms with Crippen LogP contribution in [0.15, 0.2) is 46.9 Å². The van der Waals surface area contributed by atoms with Crippen molar-refractivity contribution in [1.82, 2.24) is 5.32 Å². The second kappa shape index (κ2) is 8.49. The summed E-state index contributed by atoms with van der Waals surface area (Å²) in [6.07, 6.45) is 3.03. The molecule has 0 atom stereocenters. The summed E-state index contributed by atoms with van der Waals surface area (Å²) in [4.78, 5) is 12.0. The van der Waals surface area contributed by atoms with Gasteiger partial charge in [0.25, 0.3) is 0 Å². The van der Waals surface area contributed by atoms with Crippen LogP contribution < -0.4 is 14.8 Å². The fourth-order valence-electron chi connectivity index (χ4n) is 2.06. The van der Waals surface area contributed by atoms with Crippen LogP contribution in [-0.4, -0.2) is 20.1 Å². The third-order valence-electron chi connectivity index (χ3n) is 3.31. The Balaban J connectivity index is 2.04. The number of ether oxygens (including phenoxy) is 2. The van der Waals surface area contributed by atoms with E-state index in [1.165, 1.54) is 18.2 Å². The fourth-order valence-corrected chi connectivity index (χ4v) is 2.44. The molecule has 4 nitrogen and oxygen atoms in total. The van der Waals surface area contributed by atoms with Gasteiger partial charge in [0, 0.05) is 22.7 Å². The molecule has 0 bridgehead atoms. The van der Waals surface area contributed by atoms with Gasteiger partial charge >= 0.3 is 0 Å². The number of carbonyl (C=O) groups is 1. The molecule has 1 N–H and O–H groups in total. The van der Waals surface area contributed by atoms with Crippen LogP contribution in [0.2, 0.25) is 0 Å². The summed E-state index contributed by atoms with van der Waals surface area (Å²) in [5.74, 6) is 0.655. The minimum Gasteiger partial charge on any atom is -0.497 e. The minimum atomic E-state index is -0.348. The molecular formula is C18H17BrFNO3. The number of hydrogen-bond acceptors (Lipinski definition) is 3.